The lowest BCUT2D eigenvalue weighted by molar-refractivity contribution is -0.136. The van der Waals surface area contributed by atoms with Gasteiger partial charge < -0.3 is 15.2 Å². The summed E-state index contributed by atoms with van der Waals surface area (Å²) in [6, 6.07) is 0.537. The number of hydrogen-bond acceptors (Lipinski definition) is 5. The normalized spacial score (nSPS) is 36.4. The molecule has 0 spiro atoms. The quantitative estimate of drug-likeness (QED) is 0.813. The van der Waals surface area contributed by atoms with Crippen LogP contribution >= 0.6 is 0 Å². The molecule has 0 aromatic carbocycles. The first-order valence-corrected chi connectivity index (χ1v) is 11.0. The number of nitrogens with zero attached hydrogens (tertiary/aromatic N) is 2. The smallest absolute Gasteiger partial charge is 0.316 e. The molecule has 0 saturated heterocycles. The van der Waals surface area contributed by atoms with Gasteiger partial charge in [-0.25, -0.2) is 4.98 Å². The molecule has 4 bridgehead atoms. The average Bonchev–Trinajstić information content (AvgIpc) is 2.54. The third-order valence-electron chi connectivity index (χ3n) is 7.41. The molecule has 5 saturated carbocycles. The van der Waals surface area contributed by atoms with E-state index in [0.717, 1.165) is 50.6 Å². The third-order valence-corrected chi connectivity index (χ3v) is 7.41. The fourth-order valence-corrected chi connectivity index (χ4v) is 6.26. The Morgan fingerprint density at radius 1 is 1.25 bits per heavy atom. The zero-order valence-corrected chi connectivity index (χ0v) is 16.9. The molecule has 1 amide bonds. The summed E-state index contributed by atoms with van der Waals surface area (Å²) < 4.78 is 5.66. The number of rotatable bonds is 5. The van der Waals surface area contributed by atoms with Crippen LogP contribution in [0.1, 0.15) is 87.2 Å². The molecule has 2 unspecified atom stereocenters. The first kappa shape index (κ1) is 18.3. The molecule has 5 aliphatic rings. The number of amides is 1. The van der Waals surface area contributed by atoms with Crippen LogP contribution in [0.2, 0.25) is 0 Å². The van der Waals surface area contributed by atoms with Crippen molar-refractivity contribution in [1.29, 1.82) is 0 Å². The summed E-state index contributed by atoms with van der Waals surface area (Å²) in [6.45, 7) is 3.90. The highest BCUT2D eigenvalue weighted by Gasteiger charge is 2.55. The van der Waals surface area contributed by atoms with Gasteiger partial charge in [0.15, 0.2) is 0 Å². The Morgan fingerprint density at radius 2 is 1.96 bits per heavy atom. The highest BCUT2D eigenvalue weighted by molar-refractivity contribution is 5.95. The Labute approximate surface area is 166 Å². The Morgan fingerprint density at radius 3 is 2.54 bits per heavy atom. The molecule has 6 rings (SSSR count). The zero-order chi connectivity index (χ0) is 19.5. The standard InChI is InChI=1S/C22H31N3O3/c1-12(2)28-21-23-11-17(19(25-21)14-4-3-5-14)20(26)24-18-15-6-13-7-16(18)10-22(27,8-13)9-15/h11-16,18,27H,3-10H2,1-2H3,(H,24,26)/t13?,15?,16?,18-,22+. The molecule has 5 aliphatic carbocycles. The molecule has 2 N–H and O–H groups in total. The number of carbonyl (C=O) groups excluding carboxylic acids is 1. The van der Waals surface area contributed by atoms with Crippen LogP contribution in [0, 0.1) is 17.8 Å². The first-order chi connectivity index (χ1) is 13.4. The van der Waals surface area contributed by atoms with Gasteiger partial charge in [-0.2, -0.15) is 4.98 Å². The lowest BCUT2D eigenvalue weighted by Crippen LogP contribution is -2.61. The summed E-state index contributed by atoms with van der Waals surface area (Å²) in [4.78, 5) is 22.1. The van der Waals surface area contributed by atoms with E-state index in [2.05, 4.69) is 15.3 Å². The van der Waals surface area contributed by atoms with E-state index in [4.69, 9.17) is 4.74 Å². The topological polar surface area (TPSA) is 84.3 Å². The molecule has 6 nitrogen and oxygen atoms in total. The molecule has 6 heteroatoms. The summed E-state index contributed by atoms with van der Waals surface area (Å²) in [6.07, 6.45) is 9.87. The zero-order valence-electron chi connectivity index (χ0n) is 16.9. The second-order valence-corrected chi connectivity index (χ2v) is 9.94. The highest BCUT2D eigenvalue weighted by Crippen LogP contribution is 2.55. The second-order valence-electron chi connectivity index (χ2n) is 9.94. The van der Waals surface area contributed by atoms with Crippen molar-refractivity contribution in [2.24, 2.45) is 17.8 Å². The van der Waals surface area contributed by atoms with Gasteiger partial charge in [0.05, 0.1) is 23.0 Å². The predicted octanol–water partition coefficient (Wildman–Crippen LogP) is 3.20. The van der Waals surface area contributed by atoms with Gasteiger partial charge in [0, 0.05) is 18.2 Å². The maximum Gasteiger partial charge on any atom is 0.316 e. The average molecular weight is 386 g/mol. The summed E-state index contributed by atoms with van der Waals surface area (Å²) >= 11 is 0. The van der Waals surface area contributed by atoms with Crippen molar-refractivity contribution in [1.82, 2.24) is 15.3 Å². The van der Waals surface area contributed by atoms with Gasteiger partial charge in [-0.05, 0) is 76.5 Å². The second kappa shape index (κ2) is 6.68. The van der Waals surface area contributed by atoms with Gasteiger partial charge in [0.2, 0.25) is 0 Å². The van der Waals surface area contributed by atoms with Crippen LogP contribution in [-0.2, 0) is 0 Å². The van der Waals surface area contributed by atoms with Gasteiger partial charge >= 0.3 is 6.01 Å². The maximum absolute atomic E-state index is 13.2. The number of aromatic nitrogens is 2. The highest BCUT2D eigenvalue weighted by atomic mass is 16.5. The Kier molecular flexibility index (Phi) is 4.38. The van der Waals surface area contributed by atoms with Crippen LogP contribution in [0.15, 0.2) is 6.20 Å². The van der Waals surface area contributed by atoms with Crippen LogP contribution in [0.3, 0.4) is 0 Å². The van der Waals surface area contributed by atoms with Crippen molar-refractivity contribution in [3.63, 3.8) is 0 Å². The van der Waals surface area contributed by atoms with E-state index in [1.54, 1.807) is 6.20 Å². The number of nitrogens with one attached hydrogen (secondary N) is 1. The van der Waals surface area contributed by atoms with Crippen LogP contribution in [0.4, 0.5) is 0 Å². The van der Waals surface area contributed by atoms with Crippen molar-refractivity contribution in [3.8, 4) is 6.01 Å². The predicted molar refractivity (Wildman–Crippen MR) is 104 cm³/mol. The van der Waals surface area contributed by atoms with Crippen LogP contribution in [0.5, 0.6) is 6.01 Å². The molecule has 2 atom stereocenters. The van der Waals surface area contributed by atoms with Gasteiger partial charge in [-0.1, -0.05) is 6.42 Å². The van der Waals surface area contributed by atoms with E-state index >= 15 is 0 Å². The van der Waals surface area contributed by atoms with Gasteiger partial charge in [-0.3, -0.25) is 4.79 Å². The van der Waals surface area contributed by atoms with Gasteiger partial charge in [0.1, 0.15) is 0 Å². The number of hydrogen-bond donors (Lipinski definition) is 2. The van der Waals surface area contributed by atoms with E-state index in [0.29, 0.717) is 35.2 Å². The molecule has 0 radical (unpaired) electrons. The van der Waals surface area contributed by atoms with Crippen molar-refractivity contribution in [3.05, 3.63) is 17.5 Å². The van der Waals surface area contributed by atoms with Crippen LogP contribution < -0.4 is 10.1 Å². The van der Waals surface area contributed by atoms with E-state index in [-0.39, 0.29) is 18.1 Å². The van der Waals surface area contributed by atoms with Crippen molar-refractivity contribution >= 4 is 5.91 Å². The molecule has 1 heterocycles. The van der Waals surface area contributed by atoms with E-state index < -0.39 is 5.60 Å². The largest absolute Gasteiger partial charge is 0.461 e. The SMILES string of the molecule is CC(C)Oc1ncc(C(=O)N[C@H]2C3CC4CC2C[C@@](O)(C4)C3)c(C2CCC2)n1. The van der Waals surface area contributed by atoms with E-state index in [1.165, 1.54) is 6.42 Å². The fourth-order valence-electron chi connectivity index (χ4n) is 6.26. The first-order valence-electron chi connectivity index (χ1n) is 11.0. The van der Waals surface area contributed by atoms with E-state index in [1.807, 2.05) is 13.8 Å². The summed E-state index contributed by atoms with van der Waals surface area (Å²) in [5.74, 6) is 1.71. The Bertz CT molecular complexity index is 760. The molecule has 28 heavy (non-hydrogen) atoms. The minimum Gasteiger partial charge on any atom is -0.461 e. The van der Waals surface area contributed by atoms with Crippen LogP contribution in [0.25, 0.3) is 0 Å². The van der Waals surface area contributed by atoms with Crippen molar-refractivity contribution < 1.29 is 14.6 Å². The van der Waals surface area contributed by atoms with Crippen molar-refractivity contribution in [2.75, 3.05) is 0 Å². The third kappa shape index (κ3) is 3.19. The molecule has 5 fully saturated rings. The summed E-state index contributed by atoms with van der Waals surface area (Å²) in [5.41, 5.74) is 0.971. The van der Waals surface area contributed by atoms with Crippen molar-refractivity contribution in [2.45, 2.75) is 88.9 Å². The maximum atomic E-state index is 13.2. The Hall–Kier alpha value is -1.69. The summed E-state index contributed by atoms with van der Waals surface area (Å²) in [7, 11) is 0. The molecule has 1 aromatic rings. The summed E-state index contributed by atoms with van der Waals surface area (Å²) in [5, 5.41) is 14.1. The molecule has 1 aromatic heterocycles. The van der Waals surface area contributed by atoms with E-state index in [9.17, 15) is 9.90 Å². The molecule has 152 valence electrons. The fraction of sp³-hybridized carbons (Fsp3) is 0.773. The lowest BCUT2D eigenvalue weighted by Gasteiger charge is -2.58. The molecular formula is C22H31N3O3. The van der Waals surface area contributed by atoms with Crippen LogP contribution in [-0.4, -0.2) is 38.7 Å². The minimum absolute atomic E-state index is 0.00719. The monoisotopic (exact) mass is 385 g/mol. The van der Waals surface area contributed by atoms with Gasteiger partial charge in [-0.15, -0.1) is 0 Å². The number of carbonyl (C=O) groups is 1. The lowest BCUT2D eigenvalue weighted by atomic mass is 9.52. The number of ether oxygens (including phenoxy) is 1. The minimum atomic E-state index is -0.478. The Balaban J connectivity index is 1.36. The number of aliphatic hydroxyl groups is 1. The molecule has 0 aliphatic heterocycles. The van der Waals surface area contributed by atoms with Gasteiger partial charge in [0.25, 0.3) is 5.91 Å². The molecular weight excluding hydrogens is 354 g/mol.